The number of rotatable bonds is 6. The van der Waals surface area contributed by atoms with E-state index in [0.717, 1.165) is 6.42 Å². The van der Waals surface area contributed by atoms with E-state index in [1.165, 1.54) is 0 Å². The van der Waals surface area contributed by atoms with Crippen LogP contribution in [0.3, 0.4) is 0 Å². The fourth-order valence-electron chi connectivity index (χ4n) is 3.61. The molecule has 8 nitrogen and oxygen atoms in total. The Labute approximate surface area is 180 Å². The molecule has 0 unspecified atom stereocenters. The molecule has 0 spiro atoms. The predicted octanol–water partition coefficient (Wildman–Crippen LogP) is 2.37. The van der Waals surface area contributed by atoms with Gasteiger partial charge < -0.3 is 19.7 Å². The van der Waals surface area contributed by atoms with Crippen molar-refractivity contribution in [1.29, 1.82) is 0 Å². The summed E-state index contributed by atoms with van der Waals surface area (Å²) in [6.45, 7) is 4.97. The molecule has 1 N–H and O–H groups in total. The molecule has 0 atom stereocenters. The highest BCUT2D eigenvalue weighted by Gasteiger charge is 2.21. The Balaban J connectivity index is 1.89. The fraction of sp³-hybridized carbons (Fsp3) is 0.348. The molecule has 2 heterocycles. The number of benzene rings is 2. The number of anilines is 1. The van der Waals surface area contributed by atoms with Crippen molar-refractivity contribution in [2.45, 2.75) is 13.3 Å². The van der Waals surface area contributed by atoms with Gasteiger partial charge in [0.1, 0.15) is 5.75 Å². The third kappa shape index (κ3) is 4.25. The van der Waals surface area contributed by atoms with Crippen LogP contribution in [-0.2, 0) is 4.74 Å². The highest BCUT2D eigenvalue weighted by molar-refractivity contribution is 5.97. The van der Waals surface area contributed by atoms with Gasteiger partial charge in [0.05, 0.1) is 36.9 Å². The largest absolute Gasteiger partial charge is 0.497 e. The number of amides is 1. The van der Waals surface area contributed by atoms with Crippen LogP contribution in [0.25, 0.3) is 16.6 Å². The molecular weight excluding hydrogens is 396 g/mol. The molecule has 0 aliphatic carbocycles. The lowest BCUT2D eigenvalue weighted by molar-refractivity contribution is 0.0953. The number of fused-ring (bicyclic) bond motifs is 1. The zero-order valence-electron chi connectivity index (χ0n) is 17.8. The number of ether oxygens (including phenoxy) is 2. The molecule has 0 saturated carbocycles. The van der Waals surface area contributed by atoms with Crippen LogP contribution >= 0.6 is 0 Å². The van der Waals surface area contributed by atoms with Crippen molar-refractivity contribution in [2.24, 2.45) is 0 Å². The maximum atomic E-state index is 13.6. The maximum absolute atomic E-state index is 13.6. The summed E-state index contributed by atoms with van der Waals surface area (Å²) in [6.07, 6.45) is 0.851. The number of hydrogen-bond donors (Lipinski definition) is 1. The molecule has 8 heteroatoms. The van der Waals surface area contributed by atoms with Crippen molar-refractivity contribution in [3.05, 3.63) is 58.4 Å². The molecule has 1 aromatic heterocycles. The molecule has 2 aromatic carbocycles. The number of hydrogen-bond acceptors (Lipinski definition) is 6. The van der Waals surface area contributed by atoms with Crippen LogP contribution in [0.5, 0.6) is 5.75 Å². The first-order valence-corrected chi connectivity index (χ1v) is 10.4. The Bertz CT molecular complexity index is 1150. The second-order valence-corrected chi connectivity index (χ2v) is 7.34. The van der Waals surface area contributed by atoms with Crippen LogP contribution in [-0.4, -0.2) is 55.4 Å². The zero-order valence-corrected chi connectivity index (χ0v) is 17.8. The number of methoxy groups -OCH3 is 1. The highest BCUT2D eigenvalue weighted by atomic mass is 16.5. The molecule has 4 rings (SSSR count). The van der Waals surface area contributed by atoms with Crippen molar-refractivity contribution in [1.82, 2.24) is 14.9 Å². The zero-order chi connectivity index (χ0) is 21.8. The second-order valence-electron chi connectivity index (χ2n) is 7.34. The molecular formula is C23H26N4O4. The lowest BCUT2D eigenvalue weighted by Crippen LogP contribution is -2.40. The minimum absolute atomic E-state index is 0.171. The summed E-state index contributed by atoms with van der Waals surface area (Å²) in [6, 6.07) is 12.4. The lowest BCUT2D eigenvalue weighted by atomic mass is 10.1. The van der Waals surface area contributed by atoms with E-state index in [4.69, 9.17) is 14.5 Å². The Kier molecular flexibility index (Phi) is 6.18. The smallest absolute Gasteiger partial charge is 0.267 e. The lowest BCUT2D eigenvalue weighted by Gasteiger charge is -2.30. The summed E-state index contributed by atoms with van der Waals surface area (Å²) in [5.41, 5.74) is 1.46. The molecule has 1 fully saturated rings. The third-order valence-corrected chi connectivity index (χ3v) is 5.25. The average molecular weight is 422 g/mol. The van der Waals surface area contributed by atoms with E-state index in [1.807, 2.05) is 36.1 Å². The predicted molar refractivity (Wildman–Crippen MR) is 120 cm³/mol. The summed E-state index contributed by atoms with van der Waals surface area (Å²) >= 11 is 0. The third-order valence-electron chi connectivity index (χ3n) is 5.25. The van der Waals surface area contributed by atoms with Crippen molar-refractivity contribution in [3.8, 4) is 11.4 Å². The summed E-state index contributed by atoms with van der Waals surface area (Å²) in [4.78, 5) is 32.8. The van der Waals surface area contributed by atoms with Crippen molar-refractivity contribution >= 4 is 22.8 Å². The normalized spacial score (nSPS) is 13.9. The standard InChI is InChI=1S/C23H26N4O4/c1-3-9-24-21(28)16-7-8-19-20(14-16)25-23(26-10-12-31-13-11-26)27(22(19)29)17-5-4-6-18(15-17)30-2/h4-8,14-15H,3,9-13H2,1-2H3,(H,24,28). The van der Waals surface area contributed by atoms with E-state index >= 15 is 0 Å². The number of nitrogens with zero attached hydrogens (tertiary/aromatic N) is 3. The maximum Gasteiger partial charge on any atom is 0.267 e. The average Bonchev–Trinajstić information content (AvgIpc) is 2.82. The molecule has 1 amide bonds. The summed E-state index contributed by atoms with van der Waals surface area (Å²) < 4.78 is 12.4. The Morgan fingerprint density at radius 2 is 2.00 bits per heavy atom. The van der Waals surface area contributed by atoms with Gasteiger partial charge in [0, 0.05) is 31.3 Å². The monoisotopic (exact) mass is 422 g/mol. The van der Waals surface area contributed by atoms with E-state index < -0.39 is 0 Å². The molecule has 1 aliphatic rings. The van der Waals surface area contributed by atoms with Gasteiger partial charge in [-0.1, -0.05) is 13.0 Å². The number of nitrogens with one attached hydrogen (secondary N) is 1. The molecule has 0 bridgehead atoms. The molecule has 162 valence electrons. The topological polar surface area (TPSA) is 85.7 Å². The van der Waals surface area contributed by atoms with Crippen molar-refractivity contribution in [3.63, 3.8) is 0 Å². The summed E-state index contributed by atoms with van der Waals surface area (Å²) in [7, 11) is 1.59. The Morgan fingerprint density at radius 3 is 2.74 bits per heavy atom. The highest BCUT2D eigenvalue weighted by Crippen LogP contribution is 2.23. The number of aromatic nitrogens is 2. The van der Waals surface area contributed by atoms with Gasteiger partial charge in [-0.3, -0.25) is 9.59 Å². The molecule has 31 heavy (non-hydrogen) atoms. The van der Waals surface area contributed by atoms with Crippen LogP contribution in [0.1, 0.15) is 23.7 Å². The van der Waals surface area contributed by atoms with E-state index in [1.54, 1.807) is 29.9 Å². The van der Waals surface area contributed by atoms with Gasteiger partial charge in [0.2, 0.25) is 5.95 Å². The Hall–Kier alpha value is -3.39. The van der Waals surface area contributed by atoms with Crippen LogP contribution < -0.4 is 20.5 Å². The summed E-state index contributed by atoms with van der Waals surface area (Å²) in [5.74, 6) is 1.01. The minimum atomic E-state index is -0.194. The quantitative estimate of drug-likeness (QED) is 0.657. The van der Waals surface area contributed by atoms with Gasteiger partial charge in [-0.25, -0.2) is 9.55 Å². The van der Waals surface area contributed by atoms with E-state index in [9.17, 15) is 9.59 Å². The first-order valence-electron chi connectivity index (χ1n) is 10.4. The minimum Gasteiger partial charge on any atom is -0.497 e. The molecule has 1 aliphatic heterocycles. The van der Waals surface area contributed by atoms with E-state index in [2.05, 4.69) is 5.32 Å². The van der Waals surface area contributed by atoms with Gasteiger partial charge >= 0.3 is 0 Å². The number of carbonyl (C=O) groups excluding carboxylic acids is 1. The van der Waals surface area contributed by atoms with Crippen LogP contribution in [0, 0.1) is 0 Å². The van der Waals surface area contributed by atoms with Crippen LogP contribution in [0.4, 0.5) is 5.95 Å². The van der Waals surface area contributed by atoms with Crippen molar-refractivity contribution in [2.75, 3.05) is 44.9 Å². The van der Waals surface area contributed by atoms with Gasteiger partial charge in [-0.05, 0) is 36.8 Å². The SMILES string of the molecule is CCCNC(=O)c1ccc2c(=O)n(-c3cccc(OC)c3)c(N3CCOCC3)nc2c1. The molecule has 1 saturated heterocycles. The van der Waals surface area contributed by atoms with E-state index in [-0.39, 0.29) is 11.5 Å². The van der Waals surface area contributed by atoms with E-state index in [0.29, 0.717) is 66.7 Å². The van der Waals surface area contributed by atoms with Crippen LogP contribution in [0.2, 0.25) is 0 Å². The Morgan fingerprint density at radius 1 is 1.19 bits per heavy atom. The summed E-state index contributed by atoms with van der Waals surface area (Å²) in [5, 5.41) is 3.32. The first-order chi connectivity index (χ1) is 15.1. The molecule has 3 aromatic rings. The van der Waals surface area contributed by atoms with Gasteiger partial charge in [0.25, 0.3) is 11.5 Å². The van der Waals surface area contributed by atoms with Gasteiger partial charge in [-0.2, -0.15) is 0 Å². The fourth-order valence-corrected chi connectivity index (χ4v) is 3.61. The molecule has 0 radical (unpaired) electrons. The number of morpholine rings is 1. The van der Waals surface area contributed by atoms with Gasteiger partial charge in [-0.15, -0.1) is 0 Å². The number of carbonyl (C=O) groups is 1. The first kappa shape index (κ1) is 20.9. The van der Waals surface area contributed by atoms with Crippen LogP contribution in [0.15, 0.2) is 47.3 Å². The van der Waals surface area contributed by atoms with Crippen molar-refractivity contribution < 1.29 is 14.3 Å². The van der Waals surface area contributed by atoms with Gasteiger partial charge in [0.15, 0.2) is 0 Å². The second kappa shape index (κ2) is 9.18.